The molecule has 0 aliphatic rings. The molecule has 0 radical (unpaired) electrons. The van der Waals surface area contributed by atoms with Gasteiger partial charge in [-0.05, 0) is 47.7 Å². The fraction of sp³-hybridized carbons (Fsp3) is 0.276. The van der Waals surface area contributed by atoms with Gasteiger partial charge in [-0.3, -0.25) is 14.4 Å². The van der Waals surface area contributed by atoms with Crippen LogP contribution in [0, 0.1) is 6.92 Å². The molecule has 0 aliphatic heterocycles. The summed E-state index contributed by atoms with van der Waals surface area (Å²) in [5.41, 5.74) is 3.39. The highest BCUT2D eigenvalue weighted by Crippen LogP contribution is 2.28. The van der Waals surface area contributed by atoms with Crippen LogP contribution in [0.4, 0.5) is 5.69 Å². The third-order valence-electron chi connectivity index (χ3n) is 5.61. The van der Waals surface area contributed by atoms with E-state index in [-0.39, 0.29) is 12.0 Å². The molecule has 36 heavy (non-hydrogen) atoms. The average molecular weight is 489 g/mol. The molecule has 0 fully saturated rings. The predicted octanol–water partition coefficient (Wildman–Crippen LogP) is 4.95. The molecule has 1 unspecified atom stereocenters. The van der Waals surface area contributed by atoms with E-state index in [0.29, 0.717) is 22.6 Å². The second-order valence-electron chi connectivity index (χ2n) is 9.48. The van der Waals surface area contributed by atoms with Crippen molar-refractivity contribution in [2.24, 2.45) is 0 Å². The third kappa shape index (κ3) is 6.95. The van der Waals surface area contributed by atoms with Crippen molar-refractivity contribution >= 4 is 23.5 Å². The van der Waals surface area contributed by atoms with E-state index < -0.39 is 23.9 Å². The lowest BCUT2D eigenvalue weighted by atomic mass is 9.87. The smallest absolute Gasteiger partial charge is 0.326 e. The normalized spacial score (nSPS) is 11.8. The standard InChI is InChI=1S/C29H32N2O5/c1-19-11-16-24(35-5)23(17-19)31-28(34)26(20-9-7-6-8-10-20)36-25(32)18-30-27(33)21-12-14-22(15-13-21)29(2,3)4/h6-17,26H,18H2,1-5H3,(H,30,33)(H,31,34). The van der Waals surface area contributed by atoms with Gasteiger partial charge in [0.05, 0.1) is 12.8 Å². The number of amides is 2. The third-order valence-corrected chi connectivity index (χ3v) is 5.61. The zero-order valence-electron chi connectivity index (χ0n) is 21.3. The largest absolute Gasteiger partial charge is 0.495 e. The Morgan fingerprint density at radius 1 is 0.917 bits per heavy atom. The van der Waals surface area contributed by atoms with Gasteiger partial charge in [-0.25, -0.2) is 0 Å². The van der Waals surface area contributed by atoms with Crippen molar-refractivity contribution in [1.82, 2.24) is 5.32 Å². The van der Waals surface area contributed by atoms with Crippen LogP contribution in [0.3, 0.4) is 0 Å². The molecule has 0 aromatic heterocycles. The molecule has 7 heteroatoms. The molecular formula is C29H32N2O5. The molecule has 3 aromatic rings. The van der Waals surface area contributed by atoms with Gasteiger partial charge in [-0.15, -0.1) is 0 Å². The lowest BCUT2D eigenvalue weighted by Crippen LogP contribution is -2.33. The van der Waals surface area contributed by atoms with Crippen molar-refractivity contribution in [1.29, 1.82) is 0 Å². The second-order valence-corrected chi connectivity index (χ2v) is 9.48. The van der Waals surface area contributed by atoms with Gasteiger partial charge in [0.1, 0.15) is 12.3 Å². The van der Waals surface area contributed by atoms with Gasteiger partial charge in [0.25, 0.3) is 11.8 Å². The summed E-state index contributed by atoms with van der Waals surface area (Å²) in [7, 11) is 1.51. The minimum absolute atomic E-state index is 0.0334. The highest BCUT2D eigenvalue weighted by molar-refractivity contribution is 5.98. The van der Waals surface area contributed by atoms with Crippen LogP contribution in [0.25, 0.3) is 0 Å². The monoisotopic (exact) mass is 488 g/mol. The van der Waals surface area contributed by atoms with Crippen LogP contribution >= 0.6 is 0 Å². The van der Waals surface area contributed by atoms with Crippen LogP contribution < -0.4 is 15.4 Å². The Hall–Kier alpha value is -4.13. The quantitative estimate of drug-likeness (QED) is 0.438. The minimum atomic E-state index is -1.22. The van der Waals surface area contributed by atoms with E-state index in [1.54, 1.807) is 54.6 Å². The first kappa shape index (κ1) is 26.5. The van der Waals surface area contributed by atoms with E-state index in [1.165, 1.54) is 7.11 Å². The summed E-state index contributed by atoms with van der Waals surface area (Å²) in [6.45, 7) is 7.78. The van der Waals surface area contributed by atoms with Gasteiger partial charge in [0.2, 0.25) is 6.10 Å². The molecule has 0 aliphatic carbocycles. The van der Waals surface area contributed by atoms with Crippen molar-refractivity contribution < 1.29 is 23.9 Å². The molecule has 1 atom stereocenters. The number of esters is 1. The van der Waals surface area contributed by atoms with Gasteiger partial charge >= 0.3 is 5.97 Å². The van der Waals surface area contributed by atoms with E-state index in [2.05, 4.69) is 31.4 Å². The Labute approximate surface area is 211 Å². The lowest BCUT2D eigenvalue weighted by Gasteiger charge is -2.20. The van der Waals surface area contributed by atoms with E-state index in [9.17, 15) is 14.4 Å². The van der Waals surface area contributed by atoms with E-state index in [4.69, 9.17) is 9.47 Å². The zero-order valence-corrected chi connectivity index (χ0v) is 21.3. The number of hydrogen-bond donors (Lipinski definition) is 2. The summed E-state index contributed by atoms with van der Waals surface area (Å²) in [6.07, 6.45) is -1.22. The molecular weight excluding hydrogens is 456 g/mol. The molecule has 0 saturated carbocycles. The highest BCUT2D eigenvalue weighted by Gasteiger charge is 2.26. The summed E-state index contributed by atoms with van der Waals surface area (Å²) < 4.78 is 10.8. The second kappa shape index (κ2) is 11.5. The van der Waals surface area contributed by atoms with E-state index in [1.807, 2.05) is 25.1 Å². The average Bonchev–Trinajstić information content (AvgIpc) is 2.86. The van der Waals surface area contributed by atoms with Crippen molar-refractivity contribution in [3.8, 4) is 5.75 Å². The summed E-state index contributed by atoms with van der Waals surface area (Å²) in [5, 5.41) is 5.35. The van der Waals surface area contributed by atoms with Crippen molar-refractivity contribution in [2.45, 2.75) is 39.2 Å². The van der Waals surface area contributed by atoms with Crippen LogP contribution in [0.5, 0.6) is 5.75 Å². The number of aryl methyl sites for hydroxylation is 1. The first-order valence-electron chi connectivity index (χ1n) is 11.7. The summed E-state index contributed by atoms with van der Waals surface area (Å²) in [5.74, 6) is -1.20. The number of benzene rings is 3. The molecule has 3 rings (SSSR count). The lowest BCUT2D eigenvalue weighted by molar-refractivity contribution is -0.153. The first-order chi connectivity index (χ1) is 17.1. The van der Waals surface area contributed by atoms with Crippen LogP contribution in [-0.2, 0) is 19.7 Å². The maximum Gasteiger partial charge on any atom is 0.326 e. The van der Waals surface area contributed by atoms with Gasteiger partial charge in [-0.2, -0.15) is 0 Å². The topological polar surface area (TPSA) is 93.7 Å². The maximum atomic E-state index is 13.2. The van der Waals surface area contributed by atoms with Crippen LogP contribution in [0.1, 0.15) is 53.9 Å². The van der Waals surface area contributed by atoms with E-state index >= 15 is 0 Å². The summed E-state index contributed by atoms with van der Waals surface area (Å²) >= 11 is 0. The molecule has 2 amide bonds. The SMILES string of the molecule is COc1ccc(C)cc1NC(=O)C(OC(=O)CNC(=O)c1ccc(C(C)(C)C)cc1)c1ccccc1. The van der Waals surface area contributed by atoms with Gasteiger partial charge < -0.3 is 20.1 Å². The predicted molar refractivity (Wildman–Crippen MR) is 139 cm³/mol. The Morgan fingerprint density at radius 2 is 1.58 bits per heavy atom. The van der Waals surface area contributed by atoms with Gasteiger partial charge in [0.15, 0.2) is 0 Å². The minimum Gasteiger partial charge on any atom is -0.495 e. The van der Waals surface area contributed by atoms with Crippen molar-refractivity contribution in [3.05, 3.63) is 95.1 Å². The fourth-order valence-corrected chi connectivity index (χ4v) is 3.57. The molecule has 0 saturated heterocycles. The molecule has 0 spiro atoms. The molecule has 0 bridgehead atoms. The zero-order chi connectivity index (χ0) is 26.3. The van der Waals surface area contributed by atoms with E-state index in [0.717, 1.165) is 11.1 Å². The Bertz CT molecular complexity index is 1210. The highest BCUT2D eigenvalue weighted by atomic mass is 16.5. The summed E-state index contributed by atoms with van der Waals surface area (Å²) in [4.78, 5) is 38.3. The first-order valence-corrected chi connectivity index (χ1v) is 11.7. The van der Waals surface area contributed by atoms with Crippen molar-refractivity contribution in [3.63, 3.8) is 0 Å². The summed E-state index contributed by atoms with van der Waals surface area (Å²) in [6, 6.07) is 21.3. The van der Waals surface area contributed by atoms with Gasteiger partial charge in [-0.1, -0.05) is 69.3 Å². The molecule has 188 valence electrons. The van der Waals surface area contributed by atoms with Crippen molar-refractivity contribution in [2.75, 3.05) is 19.0 Å². The Morgan fingerprint density at radius 3 is 2.19 bits per heavy atom. The molecule has 7 nitrogen and oxygen atoms in total. The number of rotatable bonds is 8. The Balaban J connectivity index is 1.69. The van der Waals surface area contributed by atoms with Gasteiger partial charge in [0, 0.05) is 11.1 Å². The number of methoxy groups -OCH3 is 1. The molecule has 2 N–H and O–H groups in total. The maximum absolute atomic E-state index is 13.2. The number of carbonyl (C=O) groups is 3. The molecule has 3 aromatic carbocycles. The van der Waals surface area contributed by atoms with Crippen LogP contribution in [0.2, 0.25) is 0 Å². The number of nitrogens with one attached hydrogen (secondary N) is 2. The fourth-order valence-electron chi connectivity index (χ4n) is 3.57. The van der Waals surface area contributed by atoms with Crippen LogP contribution in [0.15, 0.2) is 72.8 Å². The Kier molecular flexibility index (Phi) is 8.48. The number of carbonyl (C=O) groups excluding carboxylic acids is 3. The number of hydrogen-bond acceptors (Lipinski definition) is 5. The number of anilines is 1. The number of ether oxygens (including phenoxy) is 2. The molecule has 0 heterocycles. The van der Waals surface area contributed by atoms with Crippen LogP contribution in [-0.4, -0.2) is 31.4 Å².